The van der Waals surface area contributed by atoms with Crippen LogP contribution in [0.1, 0.15) is 30.9 Å². The number of amides is 1. The number of carbonyl (C=O) groups excluding carboxylic acids is 1. The van der Waals surface area contributed by atoms with Gasteiger partial charge in [-0.1, -0.05) is 31.2 Å². The first-order valence-electron chi connectivity index (χ1n) is 10.5. The zero-order valence-electron chi connectivity index (χ0n) is 17.3. The van der Waals surface area contributed by atoms with Gasteiger partial charge in [0.05, 0.1) is 11.3 Å². The topological polar surface area (TPSA) is 82.1 Å². The predicted octanol–water partition coefficient (Wildman–Crippen LogP) is 2.03. The highest BCUT2D eigenvalue weighted by Gasteiger charge is 2.25. The zero-order chi connectivity index (χ0) is 21.1. The van der Waals surface area contributed by atoms with Crippen molar-refractivity contribution in [1.82, 2.24) is 15.1 Å². The number of fused-ring (bicyclic) bond motifs is 1. The number of carbonyl (C=O) groups is 1. The molecule has 1 aromatic rings. The summed E-state index contributed by atoms with van der Waals surface area (Å²) in [7, 11) is -3.39. The fourth-order valence-electron chi connectivity index (χ4n) is 3.86. The molecule has 7 nitrogen and oxygen atoms in total. The Morgan fingerprint density at radius 2 is 1.80 bits per heavy atom. The number of rotatable bonds is 5. The van der Waals surface area contributed by atoms with E-state index >= 15 is 0 Å². The van der Waals surface area contributed by atoms with Gasteiger partial charge in [-0.05, 0) is 55.1 Å². The minimum atomic E-state index is -3.39. The molecule has 3 heterocycles. The molecule has 1 aromatic carbocycles. The second kappa shape index (κ2) is 8.73. The van der Waals surface area contributed by atoms with E-state index in [-0.39, 0.29) is 11.7 Å². The monoisotopic (exact) mass is 428 g/mol. The zero-order valence-corrected chi connectivity index (χ0v) is 18.1. The lowest BCUT2D eigenvalue weighted by Crippen LogP contribution is -2.38. The number of hydrogen-bond donors (Lipinski definition) is 1. The molecule has 0 bridgehead atoms. The molecule has 3 aliphatic heterocycles. The minimum Gasteiger partial charge on any atom is -0.348 e. The van der Waals surface area contributed by atoms with E-state index in [1.54, 1.807) is 23.3 Å². The van der Waals surface area contributed by atoms with Crippen LogP contribution in [0.2, 0.25) is 0 Å². The quantitative estimate of drug-likeness (QED) is 0.776. The van der Waals surface area contributed by atoms with Crippen molar-refractivity contribution in [1.29, 1.82) is 0 Å². The lowest BCUT2D eigenvalue weighted by molar-refractivity contribution is -0.117. The Hall–Kier alpha value is -2.45. The van der Waals surface area contributed by atoms with E-state index in [9.17, 15) is 13.2 Å². The molecule has 0 aliphatic carbocycles. The van der Waals surface area contributed by atoms with Gasteiger partial charge in [0.25, 0.3) is 15.9 Å². The van der Waals surface area contributed by atoms with Crippen molar-refractivity contribution in [2.24, 2.45) is 10.3 Å². The number of piperidine rings is 1. The van der Waals surface area contributed by atoms with Gasteiger partial charge in [-0.2, -0.15) is 0 Å². The van der Waals surface area contributed by atoms with Crippen molar-refractivity contribution < 1.29 is 13.2 Å². The number of nitrogens with zero attached hydrogens (tertiary/aromatic N) is 3. The molecule has 0 unspecified atom stereocenters. The molecule has 0 atom stereocenters. The third kappa shape index (κ3) is 5.17. The van der Waals surface area contributed by atoms with Crippen molar-refractivity contribution in [2.75, 3.05) is 25.4 Å². The average molecular weight is 429 g/mol. The van der Waals surface area contributed by atoms with E-state index in [0.717, 1.165) is 31.1 Å². The molecule has 160 valence electrons. The van der Waals surface area contributed by atoms with Crippen molar-refractivity contribution >= 4 is 21.8 Å². The predicted molar refractivity (Wildman–Crippen MR) is 117 cm³/mol. The smallest absolute Gasteiger partial charge is 0.256 e. The summed E-state index contributed by atoms with van der Waals surface area (Å²) in [6.45, 7) is 6.38. The summed E-state index contributed by atoms with van der Waals surface area (Å²) in [4.78, 5) is 16.7. The van der Waals surface area contributed by atoms with E-state index in [4.69, 9.17) is 0 Å². The van der Waals surface area contributed by atoms with Crippen LogP contribution in [0.25, 0.3) is 0 Å². The maximum Gasteiger partial charge on any atom is 0.256 e. The fraction of sp³-hybridized carbons (Fsp3) is 0.455. The molecule has 8 heteroatoms. The third-order valence-electron chi connectivity index (χ3n) is 5.84. The molecule has 0 aromatic heterocycles. The summed E-state index contributed by atoms with van der Waals surface area (Å²) in [6, 6.07) is 8.40. The Labute approximate surface area is 178 Å². The summed E-state index contributed by atoms with van der Waals surface area (Å²) in [5, 5.41) is 2.93. The van der Waals surface area contributed by atoms with Crippen LogP contribution >= 0.6 is 0 Å². The first-order chi connectivity index (χ1) is 14.4. The van der Waals surface area contributed by atoms with E-state index in [1.165, 1.54) is 18.4 Å². The van der Waals surface area contributed by atoms with Crippen molar-refractivity contribution in [3.8, 4) is 0 Å². The minimum absolute atomic E-state index is 0.0431. The second-order valence-electron chi connectivity index (χ2n) is 8.30. The maximum absolute atomic E-state index is 12.5. The Morgan fingerprint density at radius 3 is 2.53 bits per heavy atom. The third-order valence-corrected chi connectivity index (χ3v) is 7.01. The molecular weight excluding hydrogens is 400 g/mol. The first kappa shape index (κ1) is 20.8. The SMILES string of the molecule is CC1CCN(Cc2ccc(CNC(=O)C3=CN4CCS(=O)(=O)N=C4C=C3)cc2)CC1. The fourth-order valence-corrected chi connectivity index (χ4v) is 4.83. The molecule has 1 amide bonds. The van der Waals surface area contributed by atoms with Crippen LogP contribution in [0.4, 0.5) is 0 Å². The van der Waals surface area contributed by atoms with Crippen LogP contribution in [-0.2, 0) is 27.9 Å². The van der Waals surface area contributed by atoms with E-state index in [1.807, 2.05) is 0 Å². The lowest BCUT2D eigenvalue weighted by atomic mass is 9.99. The molecule has 0 spiro atoms. The van der Waals surface area contributed by atoms with Crippen molar-refractivity contribution in [2.45, 2.75) is 32.9 Å². The number of likely N-dealkylation sites (tertiary alicyclic amines) is 1. The van der Waals surface area contributed by atoms with Crippen LogP contribution in [0.5, 0.6) is 0 Å². The number of amidine groups is 1. The molecule has 4 rings (SSSR count). The number of hydrogen-bond acceptors (Lipinski definition) is 5. The molecule has 1 saturated heterocycles. The average Bonchev–Trinajstić information content (AvgIpc) is 2.73. The van der Waals surface area contributed by atoms with Crippen LogP contribution in [-0.4, -0.2) is 55.3 Å². The second-order valence-corrected chi connectivity index (χ2v) is 10.1. The van der Waals surface area contributed by atoms with Gasteiger partial charge in [-0.3, -0.25) is 9.69 Å². The largest absolute Gasteiger partial charge is 0.348 e. The standard InChI is InChI=1S/C22H28N4O3S/c1-17-8-10-25(11-9-17)15-19-4-2-18(3-5-19)14-23-22(27)20-6-7-21-24-30(28,29)13-12-26(21)16-20/h2-7,16-17H,8-15H2,1H3,(H,23,27). The van der Waals surface area contributed by atoms with Gasteiger partial charge >= 0.3 is 0 Å². The molecule has 0 saturated carbocycles. The Morgan fingerprint density at radius 1 is 1.10 bits per heavy atom. The Kier molecular flexibility index (Phi) is 6.06. The van der Waals surface area contributed by atoms with Crippen LogP contribution in [0.3, 0.4) is 0 Å². The molecule has 1 N–H and O–H groups in total. The van der Waals surface area contributed by atoms with Gasteiger partial charge in [0, 0.05) is 25.8 Å². The molecule has 1 fully saturated rings. The van der Waals surface area contributed by atoms with Crippen LogP contribution in [0.15, 0.2) is 52.6 Å². The highest BCUT2D eigenvalue weighted by Crippen LogP contribution is 2.19. The van der Waals surface area contributed by atoms with Crippen LogP contribution in [0, 0.1) is 5.92 Å². The Balaban J connectivity index is 1.29. The van der Waals surface area contributed by atoms with Crippen molar-refractivity contribution in [3.63, 3.8) is 0 Å². The Bertz CT molecular complexity index is 988. The van der Waals surface area contributed by atoms with E-state index in [2.05, 4.69) is 45.8 Å². The van der Waals surface area contributed by atoms with E-state index in [0.29, 0.717) is 24.5 Å². The molecule has 30 heavy (non-hydrogen) atoms. The van der Waals surface area contributed by atoms with Gasteiger partial charge in [-0.25, -0.2) is 8.42 Å². The summed E-state index contributed by atoms with van der Waals surface area (Å²) >= 11 is 0. The summed E-state index contributed by atoms with van der Waals surface area (Å²) in [5.74, 6) is 0.962. The molecular formula is C22H28N4O3S. The molecule has 3 aliphatic rings. The maximum atomic E-state index is 12.5. The highest BCUT2D eigenvalue weighted by molar-refractivity contribution is 7.90. The lowest BCUT2D eigenvalue weighted by Gasteiger charge is -2.30. The molecule has 0 radical (unpaired) electrons. The highest BCUT2D eigenvalue weighted by atomic mass is 32.2. The van der Waals surface area contributed by atoms with Crippen molar-refractivity contribution in [3.05, 3.63) is 59.3 Å². The van der Waals surface area contributed by atoms with Gasteiger partial charge in [0.2, 0.25) is 0 Å². The summed E-state index contributed by atoms with van der Waals surface area (Å²) in [5.41, 5.74) is 2.83. The van der Waals surface area contributed by atoms with Crippen LogP contribution < -0.4 is 5.32 Å². The summed E-state index contributed by atoms with van der Waals surface area (Å²) < 4.78 is 26.9. The van der Waals surface area contributed by atoms with Gasteiger partial charge in [0.15, 0.2) is 0 Å². The van der Waals surface area contributed by atoms with Gasteiger partial charge in [0.1, 0.15) is 5.84 Å². The van der Waals surface area contributed by atoms with E-state index < -0.39 is 10.0 Å². The number of sulfonamides is 1. The number of benzene rings is 1. The van der Waals surface area contributed by atoms with Gasteiger partial charge < -0.3 is 10.2 Å². The first-order valence-corrected chi connectivity index (χ1v) is 12.1. The number of nitrogens with one attached hydrogen (secondary N) is 1. The summed E-state index contributed by atoms with van der Waals surface area (Å²) in [6.07, 6.45) is 7.38. The van der Waals surface area contributed by atoms with Gasteiger partial charge in [-0.15, -0.1) is 4.40 Å². The normalized spacial score (nSPS) is 21.6.